The number of halogens is 3. The molecule has 1 amide bonds. The zero-order valence-corrected chi connectivity index (χ0v) is 12.3. The lowest BCUT2D eigenvalue weighted by Gasteiger charge is -2.08. The first kappa shape index (κ1) is 14.7. The van der Waals surface area contributed by atoms with E-state index in [1.165, 1.54) is 18.2 Å². The Morgan fingerprint density at radius 3 is 2.50 bits per heavy atom. The molecule has 0 atom stereocenters. The van der Waals surface area contributed by atoms with Crippen LogP contribution in [0, 0.1) is 3.57 Å². The summed E-state index contributed by atoms with van der Waals surface area (Å²) in [5.74, 6) is -0.309. The van der Waals surface area contributed by atoms with Crippen molar-refractivity contribution in [1.82, 2.24) is 0 Å². The molecule has 2 rings (SSSR count). The van der Waals surface area contributed by atoms with Gasteiger partial charge in [0.1, 0.15) is 5.75 Å². The Balaban J connectivity index is 2.09. The van der Waals surface area contributed by atoms with Gasteiger partial charge in [0.05, 0.1) is 0 Å². The first-order valence-corrected chi connectivity index (χ1v) is 6.74. The SMILES string of the molecule is O=C(Nc1cccc(OC(F)F)c1)c1ccc(I)cc1. The van der Waals surface area contributed by atoms with Crippen molar-refractivity contribution in [2.75, 3.05) is 5.32 Å². The van der Waals surface area contributed by atoms with Crippen LogP contribution in [0.4, 0.5) is 14.5 Å². The Hall–Kier alpha value is -1.70. The third-order valence-corrected chi connectivity index (χ3v) is 3.14. The van der Waals surface area contributed by atoms with Gasteiger partial charge in [-0.25, -0.2) is 0 Å². The summed E-state index contributed by atoms with van der Waals surface area (Å²) < 4.78 is 29.5. The Labute approximate surface area is 128 Å². The second-order valence-electron chi connectivity index (χ2n) is 3.87. The monoisotopic (exact) mass is 389 g/mol. The molecule has 1 N–H and O–H groups in total. The van der Waals surface area contributed by atoms with Crippen molar-refractivity contribution < 1.29 is 18.3 Å². The third-order valence-electron chi connectivity index (χ3n) is 2.42. The maximum absolute atomic E-state index is 12.1. The van der Waals surface area contributed by atoms with Gasteiger partial charge in [-0.15, -0.1) is 0 Å². The Kier molecular flexibility index (Phi) is 4.89. The fourth-order valence-electron chi connectivity index (χ4n) is 1.55. The Morgan fingerprint density at radius 2 is 1.85 bits per heavy atom. The van der Waals surface area contributed by atoms with Gasteiger partial charge in [0.15, 0.2) is 0 Å². The largest absolute Gasteiger partial charge is 0.435 e. The molecule has 2 aromatic carbocycles. The van der Waals surface area contributed by atoms with Crippen LogP contribution in [0.2, 0.25) is 0 Å². The van der Waals surface area contributed by atoms with Crippen LogP contribution in [0.5, 0.6) is 5.75 Å². The van der Waals surface area contributed by atoms with Crippen molar-refractivity contribution in [1.29, 1.82) is 0 Å². The van der Waals surface area contributed by atoms with Gasteiger partial charge >= 0.3 is 6.61 Å². The number of carbonyl (C=O) groups excluding carboxylic acids is 1. The van der Waals surface area contributed by atoms with Crippen LogP contribution in [0.1, 0.15) is 10.4 Å². The molecule has 20 heavy (non-hydrogen) atoms. The molecular weight excluding hydrogens is 379 g/mol. The highest BCUT2D eigenvalue weighted by Crippen LogP contribution is 2.20. The molecule has 0 fully saturated rings. The predicted octanol–water partition coefficient (Wildman–Crippen LogP) is 4.14. The summed E-state index contributed by atoms with van der Waals surface area (Å²) in [5, 5.41) is 2.63. The molecule has 3 nitrogen and oxygen atoms in total. The molecule has 2 aromatic rings. The minimum absolute atomic E-state index is 0.000380. The minimum atomic E-state index is -2.89. The molecule has 0 aliphatic rings. The van der Waals surface area contributed by atoms with E-state index in [4.69, 9.17) is 0 Å². The zero-order chi connectivity index (χ0) is 14.5. The van der Waals surface area contributed by atoms with E-state index < -0.39 is 6.61 Å². The molecule has 0 spiro atoms. The van der Waals surface area contributed by atoms with E-state index >= 15 is 0 Å². The molecule has 0 bridgehead atoms. The van der Waals surface area contributed by atoms with Gasteiger partial charge in [-0.3, -0.25) is 4.79 Å². The van der Waals surface area contributed by atoms with Gasteiger partial charge in [-0.2, -0.15) is 8.78 Å². The lowest BCUT2D eigenvalue weighted by atomic mass is 10.2. The normalized spacial score (nSPS) is 10.4. The second kappa shape index (κ2) is 6.65. The number of ether oxygens (including phenoxy) is 1. The number of amides is 1. The maximum atomic E-state index is 12.1. The predicted molar refractivity (Wildman–Crippen MR) is 80.2 cm³/mol. The topological polar surface area (TPSA) is 38.3 Å². The van der Waals surface area contributed by atoms with Crippen LogP contribution >= 0.6 is 22.6 Å². The fourth-order valence-corrected chi connectivity index (χ4v) is 1.91. The molecule has 6 heteroatoms. The molecule has 0 radical (unpaired) electrons. The van der Waals surface area contributed by atoms with Gasteiger partial charge in [0, 0.05) is 20.9 Å². The number of rotatable bonds is 4. The number of carbonyl (C=O) groups is 1. The average Bonchev–Trinajstić information content (AvgIpc) is 2.39. The molecule has 0 heterocycles. The van der Waals surface area contributed by atoms with E-state index in [0.29, 0.717) is 11.3 Å². The standard InChI is InChI=1S/C14H10F2INO2/c15-14(16)20-12-3-1-2-11(8-12)18-13(19)9-4-6-10(17)7-5-9/h1-8,14H,(H,18,19). The number of benzene rings is 2. The smallest absolute Gasteiger partial charge is 0.387 e. The van der Waals surface area contributed by atoms with Crippen LogP contribution in [0.3, 0.4) is 0 Å². The summed E-state index contributed by atoms with van der Waals surface area (Å²) in [4.78, 5) is 12.0. The third kappa shape index (κ3) is 4.16. The van der Waals surface area contributed by atoms with Crippen LogP contribution < -0.4 is 10.1 Å². The zero-order valence-electron chi connectivity index (χ0n) is 10.1. The van der Waals surface area contributed by atoms with Gasteiger partial charge < -0.3 is 10.1 Å². The minimum Gasteiger partial charge on any atom is -0.435 e. The number of anilines is 1. The van der Waals surface area contributed by atoms with Crippen LogP contribution in [0.15, 0.2) is 48.5 Å². The fraction of sp³-hybridized carbons (Fsp3) is 0.0714. The van der Waals surface area contributed by atoms with Crippen molar-refractivity contribution in [2.45, 2.75) is 6.61 Å². The highest BCUT2D eigenvalue weighted by atomic mass is 127. The van der Waals surface area contributed by atoms with Crippen molar-refractivity contribution >= 4 is 34.2 Å². The van der Waals surface area contributed by atoms with Gasteiger partial charge in [-0.1, -0.05) is 6.07 Å². The van der Waals surface area contributed by atoms with Gasteiger partial charge in [-0.05, 0) is 59.0 Å². The number of nitrogens with one attached hydrogen (secondary N) is 1. The molecule has 0 aromatic heterocycles. The summed E-state index contributed by atoms with van der Waals surface area (Å²) >= 11 is 2.14. The van der Waals surface area contributed by atoms with E-state index in [1.54, 1.807) is 18.2 Å². The van der Waals surface area contributed by atoms with E-state index in [0.717, 1.165) is 3.57 Å². The summed E-state index contributed by atoms with van der Waals surface area (Å²) in [7, 11) is 0. The van der Waals surface area contributed by atoms with Crippen molar-refractivity contribution in [3.8, 4) is 5.75 Å². The lowest BCUT2D eigenvalue weighted by Crippen LogP contribution is -2.12. The van der Waals surface area contributed by atoms with Crippen LogP contribution in [0.25, 0.3) is 0 Å². The number of hydrogen-bond acceptors (Lipinski definition) is 2. The molecule has 0 unspecified atom stereocenters. The summed E-state index contributed by atoms with van der Waals surface area (Å²) in [6, 6.07) is 12.9. The Morgan fingerprint density at radius 1 is 1.15 bits per heavy atom. The van der Waals surface area contributed by atoms with Crippen LogP contribution in [-0.4, -0.2) is 12.5 Å². The first-order valence-electron chi connectivity index (χ1n) is 5.66. The lowest BCUT2D eigenvalue weighted by molar-refractivity contribution is -0.0497. The number of hydrogen-bond donors (Lipinski definition) is 1. The van der Waals surface area contributed by atoms with Gasteiger partial charge in [0.2, 0.25) is 0 Å². The van der Waals surface area contributed by atoms with E-state index in [9.17, 15) is 13.6 Å². The first-order chi connectivity index (χ1) is 9.54. The number of alkyl halides is 2. The van der Waals surface area contributed by atoms with E-state index in [1.807, 2.05) is 12.1 Å². The molecular formula is C14H10F2INO2. The molecule has 0 aliphatic heterocycles. The highest BCUT2D eigenvalue weighted by Gasteiger charge is 2.08. The summed E-state index contributed by atoms with van der Waals surface area (Å²) in [6.07, 6.45) is 0. The molecule has 104 valence electrons. The van der Waals surface area contributed by atoms with Crippen molar-refractivity contribution in [2.24, 2.45) is 0 Å². The van der Waals surface area contributed by atoms with E-state index in [-0.39, 0.29) is 11.7 Å². The highest BCUT2D eigenvalue weighted by molar-refractivity contribution is 14.1. The molecule has 0 saturated carbocycles. The quantitative estimate of drug-likeness (QED) is 0.799. The maximum Gasteiger partial charge on any atom is 0.387 e. The summed E-state index contributed by atoms with van der Waals surface area (Å²) in [5.41, 5.74) is 0.886. The second-order valence-corrected chi connectivity index (χ2v) is 5.11. The molecule has 0 saturated heterocycles. The van der Waals surface area contributed by atoms with Crippen molar-refractivity contribution in [3.05, 3.63) is 57.7 Å². The average molecular weight is 389 g/mol. The van der Waals surface area contributed by atoms with Gasteiger partial charge in [0.25, 0.3) is 5.91 Å². The van der Waals surface area contributed by atoms with Crippen LogP contribution in [-0.2, 0) is 0 Å². The van der Waals surface area contributed by atoms with Crippen molar-refractivity contribution in [3.63, 3.8) is 0 Å². The molecule has 0 aliphatic carbocycles. The van der Waals surface area contributed by atoms with E-state index in [2.05, 4.69) is 32.6 Å². The summed E-state index contributed by atoms with van der Waals surface area (Å²) in [6.45, 7) is -2.89. The Bertz CT molecular complexity index is 602.